The third-order valence-corrected chi connectivity index (χ3v) is 3.65. The van der Waals surface area contributed by atoms with Crippen molar-refractivity contribution in [3.63, 3.8) is 0 Å². The van der Waals surface area contributed by atoms with E-state index < -0.39 is 0 Å². The number of amides is 2. The topological polar surface area (TPSA) is 78.4 Å². The molecule has 0 saturated carbocycles. The van der Waals surface area contributed by atoms with Crippen LogP contribution in [0.25, 0.3) is 0 Å². The summed E-state index contributed by atoms with van der Waals surface area (Å²) < 4.78 is 0. The first-order valence-electron chi connectivity index (χ1n) is 7.75. The van der Waals surface area contributed by atoms with E-state index in [-0.39, 0.29) is 18.4 Å². The number of benzene rings is 1. The van der Waals surface area contributed by atoms with E-state index in [2.05, 4.69) is 17.6 Å². The third kappa shape index (κ3) is 5.85. The number of aliphatic hydroxyl groups excluding tert-OH is 1. The molecular weight excluding hydrogens is 280 g/mol. The second-order valence-electron chi connectivity index (χ2n) is 5.59. The fourth-order valence-corrected chi connectivity index (χ4v) is 2.49. The first kappa shape index (κ1) is 18.2. The number of aryl methyl sites for hydroxylation is 1. The summed E-state index contributed by atoms with van der Waals surface area (Å²) in [7, 11) is 0. The van der Waals surface area contributed by atoms with Crippen molar-refractivity contribution in [1.82, 2.24) is 5.32 Å². The van der Waals surface area contributed by atoms with Crippen LogP contribution in [-0.2, 0) is 0 Å². The Balaban J connectivity index is 2.54. The van der Waals surface area contributed by atoms with E-state index in [4.69, 9.17) is 5.11 Å². The zero-order valence-corrected chi connectivity index (χ0v) is 13.6. The standard InChI is InChI=1S/C17H26N2O3/c1-4-5-14(8-9-20)11-18-17(22)19-15-6-7-16(13(3)21)12(2)10-15/h6-7,10,14,20H,4-5,8-9,11H2,1-3H3,(H2,18,19,22). The molecule has 0 heterocycles. The van der Waals surface area contributed by atoms with E-state index >= 15 is 0 Å². The van der Waals surface area contributed by atoms with Crippen molar-refractivity contribution in [2.24, 2.45) is 5.92 Å². The van der Waals surface area contributed by atoms with Crippen LogP contribution in [0, 0.1) is 12.8 Å². The average molecular weight is 306 g/mol. The molecule has 22 heavy (non-hydrogen) atoms. The first-order valence-corrected chi connectivity index (χ1v) is 7.75. The number of carbonyl (C=O) groups is 2. The molecule has 0 aliphatic carbocycles. The summed E-state index contributed by atoms with van der Waals surface area (Å²) in [6.07, 6.45) is 2.70. The van der Waals surface area contributed by atoms with Gasteiger partial charge in [-0.1, -0.05) is 13.3 Å². The van der Waals surface area contributed by atoms with Crippen molar-refractivity contribution >= 4 is 17.5 Å². The molecule has 1 atom stereocenters. The van der Waals surface area contributed by atoms with Gasteiger partial charge in [0.25, 0.3) is 0 Å². The van der Waals surface area contributed by atoms with Crippen molar-refractivity contribution < 1.29 is 14.7 Å². The van der Waals surface area contributed by atoms with Crippen molar-refractivity contribution in [3.05, 3.63) is 29.3 Å². The minimum absolute atomic E-state index is 0.0138. The van der Waals surface area contributed by atoms with Crippen LogP contribution in [0.4, 0.5) is 10.5 Å². The maximum atomic E-state index is 11.9. The van der Waals surface area contributed by atoms with Crippen LogP contribution in [-0.4, -0.2) is 30.1 Å². The molecule has 122 valence electrons. The second-order valence-corrected chi connectivity index (χ2v) is 5.59. The second kappa shape index (κ2) is 9.20. The minimum atomic E-state index is -0.269. The summed E-state index contributed by atoms with van der Waals surface area (Å²) in [5.41, 5.74) is 2.17. The summed E-state index contributed by atoms with van der Waals surface area (Å²) in [5.74, 6) is 0.308. The largest absolute Gasteiger partial charge is 0.396 e. The minimum Gasteiger partial charge on any atom is -0.396 e. The number of aliphatic hydroxyl groups is 1. The zero-order valence-electron chi connectivity index (χ0n) is 13.6. The highest BCUT2D eigenvalue weighted by atomic mass is 16.3. The third-order valence-electron chi connectivity index (χ3n) is 3.65. The Bertz CT molecular complexity index is 509. The number of carbonyl (C=O) groups excluding carboxylic acids is 2. The molecule has 0 fully saturated rings. The Morgan fingerprint density at radius 3 is 2.55 bits per heavy atom. The van der Waals surface area contributed by atoms with E-state index in [9.17, 15) is 9.59 Å². The number of Topliss-reactive ketones (excluding diaryl/α,β-unsaturated/α-hetero) is 1. The van der Waals surface area contributed by atoms with Gasteiger partial charge >= 0.3 is 6.03 Å². The Morgan fingerprint density at radius 1 is 1.27 bits per heavy atom. The molecule has 1 rings (SSSR count). The van der Waals surface area contributed by atoms with Crippen LogP contribution in [0.15, 0.2) is 18.2 Å². The van der Waals surface area contributed by atoms with Crippen molar-refractivity contribution in [2.75, 3.05) is 18.5 Å². The Kier molecular flexibility index (Phi) is 7.60. The molecular formula is C17H26N2O3. The summed E-state index contributed by atoms with van der Waals surface area (Å²) in [4.78, 5) is 23.3. The Hall–Kier alpha value is -1.88. The van der Waals surface area contributed by atoms with Gasteiger partial charge in [0.15, 0.2) is 5.78 Å². The molecule has 0 aliphatic heterocycles. The normalized spacial score (nSPS) is 11.8. The van der Waals surface area contributed by atoms with Crippen LogP contribution < -0.4 is 10.6 Å². The summed E-state index contributed by atoms with van der Waals surface area (Å²) in [6, 6.07) is 4.96. The van der Waals surface area contributed by atoms with Gasteiger partial charge in [-0.25, -0.2) is 4.79 Å². The predicted molar refractivity (Wildman–Crippen MR) is 88.3 cm³/mol. The van der Waals surface area contributed by atoms with E-state index in [1.807, 2.05) is 6.92 Å². The van der Waals surface area contributed by atoms with E-state index in [0.717, 1.165) is 18.4 Å². The molecule has 0 saturated heterocycles. The lowest BCUT2D eigenvalue weighted by Crippen LogP contribution is -2.33. The lowest BCUT2D eigenvalue weighted by Gasteiger charge is -2.16. The van der Waals surface area contributed by atoms with Crippen molar-refractivity contribution in [2.45, 2.75) is 40.0 Å². The first-order chi connectivity index (χ1) is 10.5. The van der Waals surface area contributed by atoms with E-state index in [0.29, 0.717) is 30.1 Å². The predicted octanol–water partition coefficient (Wildman–Crippen LogP) is 3.12. The van der Waals surface area contributed by atoms with Crippen LogP contribution >= 0.6 is 0 Å². The molecule has 0 spiro atoms. The number of hydrogen-bond acceptors (Lipinski definition) is 3. The van der Waals surface area contributed by atoms with Crippen LogP contribution in [0.1, 0.15) is 49.0 Å². The van der Waals surface area contributed by atoms with Crippen molar-refractivity contribution in [3.8, 4) is 0 Å². The molecule has 1 aromatic carbocycles. The summed E-state index contributed by atoms with van der Waals surface area (Å²) in [6.45, 7) is 6.14. The van der Waals surface area contributed by atoms with Gasteiger partial charge in [0, 0.05) is 24.4 Å². The molecule has 1 unspecified atom stereocenters. The average Bonchev–Trinajstić information content (AvgIpc) is 2.45. The van der Waals surface area contributed by atoms with Gasteiger partial charge in [0.05, 0.1) is 0 Å². The number of hydrogen-bond donors (Lipinski definition) is 3. The maximum absolute atomic E-state index is 11.9. The molecule has 3 N–H and O–H groups in total. The molecule has 2 amide bonds. The fraction of sp³-hybridized carbons (Fsp3) is 0.529. The molecule has 1 aromatic rings. The molecule has 0 aromatic heterocycles. The number of nitrogens with one attached hydrogen (secondary N) is 2. The van der Waals surface area contributed by atoms with E-state index in [1.54, 1.807) is 18.2 Å². The number of ketones is 1. The highest BCUT2D eigenvalue weighted by molar-refractivity contribution is 5.96. The fourth-order valence-electron chi connectivity index (χ4n) is 2.49. The Labute approximate surface area is 132 Å². The van der Waals surface area contributed by atoms with Gasteiger partial charge in [-0.05, 0) is 56.4 Å². The van der Waals surface area contributed by atoms with Gasteiger partial charge in [-0.15, -0.1) is 0 Å². The lowest BCUT2D eigenvalue weighted by atomic mass is 10.0. The number of anilines is 1. The van der Waals surface area contributed by atoms with E-state index in [1.165, 1.54) is 6.92 Å². The van der Waals surface area contributed by atoms with Gasteiger partial charge in [0.1, 0.15) is 0 Å². The summed E-state index contributed by atoms with van der Waals surface area (Å²) >= 11 is 0. The lowest BCUT2D eigenvalue weighted by molar-refractivity contribution is 0.101. The maximum Gasteiger partial charge on any atom is 0.319 e. The molecule has 5 heteroatoms. The van der Waals surface area contributed by atoms with Gasteiger partial charge < -0.3 is 15.7 Å². The molecule has 0 bridgehead atoms. The monoisotopic (exact) mass is 306 g/mol. The number of rotatable bonds is 8. The quantitative estimate of drug-likeness (QED) is 0.646. The van der Waals surface area contributed by atoms with Gasteiger partial charge in [-0.3, -0.25) is 4.79 Å². The molecule has 0 aliphatic rings. The van der Waals surface area contributed by atoms with Crippen LogP contribution in [0.2, 0.25) is 0 Å². The highest BCUT2D eigenvalue weighted by Crippen LogP contribution is 2.16. The van der Waals surface area contributed by atoms with Crippen LogP contribution in [0.5, 0.6) is 0 Å². The van der Waals surface area contributed by atoms with Gasteiger partial charge in [-0.2, -0.15) is 0 Å². The molecule has 0 radical (unpaired) electrons. The smallest absolute Gasteiger partial charge is 0.319 e. The summed E-state index contributed by atoms with van der Waals surface area (Å²) in [5, 5.41) is 14.6. The van der Waals surface area contributed by atoms with Crippen LogP contribution in [0.3, 0.4) is 0 Å². The zero-order chi connectivity index (χ0) is 16.5. The van der Waals surface area contributed by atoms with Gasteiger partial charge in [0.2, 0.25) is 0 Å². The highest BCUT2D eigenvalue weighted by Gasteiger charge is 2.10. The molecule has 5 nitrogen and oxygen atoms in total. The SMILES string of the molecule is CCCC(CCO)CNC(=O)Nc1ccc(C(C)=O)c(C)c1. The van der Waals surface area contributed by atoms with Crippen molar-refractivity contribution in [1.29, 1.82) is 0 Å². The number of urea groups is 1. The Morgan fingerprint density at radius 2 is 2.00 bits per heavy atom.